The first-order valence-electron chi connectivity index (χ1n) is 7.24. The highest BCUT2D eigenvalue weighted by molar-refractivity contribution is 7.61. The average Bonchev–Trinajstić information content (AvgIpc) is 2.50. The molecule has 0 bridgehead atoms. The van der Waals surface area contributed by atoms with Gasteiger partial charge in [-0.25, -0.2) is 9.69 Å². The number of ether oxygens (including phenoxy) is 1. The molecule has 8 heteroatoms. The van der Waals surface area contributed by atoms with E-state index in [0.717, 1.165) is 5.56 Å². The van der Waals surface area contributed by atoms with Gasteiger partial charge in [0.15, 0.2) is 14.2 Å². The van der Waals surface area contributed by atoms with Crippen LogP contribution in [0.25, 0.3) is 0 Å². The van der Waals surface area contributed by atoms with Gasteiger partial charge in [0.2, 0.25) is 6.29 Å². The van der Waals surface area contributed by atoms with E-state index in [-0.39, 0.29) is 12.5 Å². The zero-order valence-electron chi connectivity index (χ0n) is 13.2. The third-order valence-corrected chi connectivity index (χ3v) is 4.16. The molecule has 0 saturated carbocycles. The maximum atomic E-state index is 11.9. The van der Waals surface area contributed by atoms with Crippen molar-refractivity contribution in [3.8, 4) is 0 Å². The maximum Gasteiger partial charge on any atom is 0.410 e. The minimum atomic E-state index is -3.90. The van der Waals surface area contributed by atoms with Gasteiger partial charge in [0.25, 0.3) is 0 Å². The Morgan fingerprint density at radius 1 is 1.39 bits per heavy atom. The van der Waals surface area contributed by atoms with E-state index in [2.05, 4.69) is 10.4 Å². The smallest absolute Gasteiger partial charge is 0.410 e. The molecule has 0 heterocycles. The number of hydrogen-bond acceptors (Lipinski definition) is 6. The molecule has 2 atom stereocenters. The number of carbonyl (C=O) groups is 1. The SMILES string of the molecule is CC(C)C[C@@H]([C]=O)N[P+]([O-])(O)CNC(=O)OCc1ccccc1. The van der Waals surface area contributed by atoms with Gasteiger partial charge in [0.1, 0.15) is 12.6 Å². The Balaban J connectivity index is 2.36. The van der Waals surface area contributed by atoms with Crippen LogP contribution < -0.4 is 15.3 Å². The molecule has 7 nitrogen and oxygen atoms in total. The van der Waals surface area contributed by atoms with E-state index in [1.807, 2.05) is 32.0 Å². The van der Waals surface area contributed by atoms with Gasteiger partial charge in [0, 0.05) is 0 Å². The molecule has 3 N–H and O–H groups in total. The summed E-state index contributed by atoms with van der Waals surface area (Å²) in [4.78, 5) is 44.0. The normalized spacial score (nSPS) is 14.8. The van der Waals surface area contributed by atoms with Gasteiger partial charge in [-0.05, 0) is 17.9 Å². The molecule has 1 unspecified atom stereocenters. The van der Waals surface area contributed by atoms with Gasteiger partial charge in [-0.15, -0.1) is 0 Å². The summed E-state index contributed by atoms with van der Waals surface area (Å²) >= 11 is 0. The molecule has 127 valence electrons. The van der Waals surface area contributed by atoms with E-state index >= 15 is 0 Å². The standard InChI is InChI=1S/C15H22N2O5P/c1-12(2)8-14(9-18)17-23(20,21)11-16-15(19)22-10-13-6-4-3-5-7-13/h3-7,12,14H,8,10-11H2,1-2H3,(H,16,19)(H2,17,20,21)/t14-/m0/s1. The maximum absolute atomic E-state index is 11.9. The Morgan fingerprint density at radius 3 is 2.61 bits per heavy atom. The average molecular weight is 341 g/mol. The highest BCUT2D eigenvalue weighted by atomic mass is 31.2. The van der Waals surface area contributed by atoms with Crippen LogP contribution in [0.1, 0.15) is 25.8 Å². The van der Waals surface area contributed by atoms with Crippen molar-refractivity contribution in [2.24, 2.45) is 5.92 Å². The van der Waals surface area contributed by atoms with E-state index in [0.29, 0.717) is 6.42 Å². The van der Waals surface area contributed by atoms with Crippen LogP contribution in [0, 0.1) is 5.92 Å². The fraction of sp³-hybridized carbons (Fsp3) is 0.467. The molecule has 0 spiro atoms. The van der Waals surface area contributed by atoms with E-state index in [4.69, 9.17) is 4.74 Å². The number of carbonyl (C=O) groups excluding carboxylic acids is 2. The first kappa shape index (κ1) is 19.5. The van der Waals surface area contributed by atoms with Crippen molar-refractivity contribution in [2.75, 3.05) is 6.29 Å². The summed E-state index contributed by atoms with van der Waals surface area (Å²) in [6.07, 6.45) is 0.732. The number of nitrogens with one attached hydrogen (secondary N) is 2. The van der Waals surface area contributed by atoms with Crippen LogP contribution in [0.4, 0.5) is 4.79 Å². The number of rotatable bonds is 9. The molecule has 1 amide bonds. The molecule has 1 rings (SSSR count). The summed E-state index contributed by atoms with van der Waals surface area (Å²) < 4.78 is 4.93. The van der Waals surface area contributed by atoms with Crippen LogP contribution in [0.5, 0.6) is 0 Å². The molecule has 0 aromatic heterocycles. The molecule has 1 aromatic rings. The first-order chi connectivity index (χ1) is 10.8. The zero-order valence-corrected chi connectivity index (χ0v) is 14.1. The molecule has 0 fully saturated rings. The molecular weight excluding hydrogens is 319 g/mol. The van der Waals surface area contributed by atoms with E-state index in [9.17, 15) is 19.4 Å². The molecule has 0 aliphatic rings. The van der Waals surface area contributed by atoms with Gasteiger partial charge in [-0.2, -0.15) is 5.09 Å². The molecule has 0 aliphatic heterocycles. The lowest BCUT2D eigenvalue weighted by molar-refractivity contribution is -0.192. The largest absolute Gasteiger partial charge is 0.640 e. The molecular formula is C15H22N2O5P. The lowest BCUT2D eigenvalue weighted by Gasteiger charge is -2.27. The van der Waals surface area contributed by atoms with Crippen molar-refractivity contribution in [1.82, 2.24) is 10.4 Å². The van der Waals surface area contributed by atoms with Crippen LogP contribution in [-0.2, 0) is 16.1 Å². The summed E-state index contributed by atoms with van der Waals surface area (Å²) in [6, 6.07) is 8.20. The lowest BCUT2D eigenvalue weighted by atomic mass is 10.1. The van der Waals surface area contributed by atoms with Gasteiger partial charge in [0.05, 0.1) is 0 Å². The Labute approximate surface area is 136 Å². The van der Waals surface area contributed by atoms with E-state index < -0.39 is 26.3 Å². The third kappa shape index (κ3) is 8.62. The van der Waals surface area contributed by atoms with E-state index in [1.165, 1.54) is 0 Å². The van der Waals surface area contributed by atoms with Crippen molar-refractivity contribution < 1.29 is 24.1 Å². The fourth-order valence-corrected chi connectivity index (χ4v) is 2.91. The van der Waals surface area contributed by atoms with Crippen LogP contribution in [0.15, 0.2) is 30.3 Å². The Morgan fingerprint density at radius 2 is 2.04 bits per heavy atom. The summed E-state index contributed by atoms with van der Waals surface area (Å²) in [7, 11) is -3.90. The minimum absolute atomic E-state index is 0.0634. The van der Waals surface area contributed by atoms with Crippen molar-refractivity contribution in [3.63, 3.8) is 0 Å². The minimum Gasteiger partial charge on any atom is -0.640 e. The predicted octanol–water partition coefficient (Wildman–Crippen LogP) is 1.10. The van der Waals surface area contributed by atoms with Crippen molar-refractivity contribution in [1.29, 1.82) is 0 Å². The number of hydrogen-bond donors (Lipinski definition) is 3. The van der Waals surface area contributed by atoms with Crippen LogP contribution >= 0.6 is 7.87 Å². The van der Waals surface area contributed by atoms with Crippen LogP contribution in [0.2, 0.25) is 0 Å². The fourth-order valence-electron chi connectivity index (χ4n) is 1.83. The summed E-state index contributed by atoms with van der Waals surface area (Å²) in [6.45, 7) is 3.83. The molecule has 1 aromatic carbocycles. The third-order valence-electron chi connectivity index (χ3n) is 2.86. The van der Waals surface area contributed by atoms with Gasteiger partial charge < -0.3 is 9.63 Å². The highest BCUT2D eigenvalue weighted by Crippen LogP contribution is 2.39. The summed E-state index contributed by atoms with van der Waals surface area (Å²) in [5.41, 5.74) is 0.806. The second-order valence-electron chi connectivity index (χ2n) is 5.53. The zero-order chi connectivity index (χ0) is 17.3. The summed E-state index contributed by atoms with van der Waals surface area (Å²) in [5, 5.41) is 4.53. The quantitative estimate of drug-likeness (QED) is 0.580. The monoisotopic (exact) mass is 341 g/mol. The van der Waals surface area contributed by atoms with Gasteiger partial charge >= 0.3 is 6.09 Å². The second-order valence-corrected chi connectivity index (χ2v) is 7.50. The highest BCUT2D eigenvalue weighted by Gasteiger charge is 2.29. The van der Waals surface area contributed by atoms with Crippen molar-refractivity contribution >= 4 is 20.2 Å². The number of amides is 1. The van der Waals surface area contributed by atoms with Gasteiger partial charge in [-0.1, -0.05) is 44.2 Å². The number of alkyl carbamates (subject to hydrolysis) is 1. The van der Waals surface area contributed by atoms with Crippen LogP contribution in [-0.4, -0.2) is 29.6 Å². The molecule has 0 saturated heterocycles. The Bertz CT molecular complexity index is 496. The Kier molecular flexibility index (Phi) is 8.12. The molecule has 1 radical (unpaired) electrons. The Hall–Kier alpha value is -1.53. The van der Waals surface area contributed by atoms with E-state index in [1.54, 1.807) is 18.4 Å². The number of benzene rings is 1. The van der Waals surface area contributed by atoms with Crippen molar-refractivity contribution in [3.05, 3.63) is 35.9 Å². The topological polar surface area (TPSA) is 111 Å². The molecule has 0 aliphatic carbocycles. The molecule has 23 heavy (non-hydrogen) atoms. The predicted molar refractivity (Wildman–Crippen MR) is 85.8 cm³/mol. The van der Waals surface area contributed by atoms with Gasteiger partial charge in [-0.3, -0.25) is 10.1 Å². The summed E-state index contributed by atoms with van der Waals surface area (Å²) in [5.74, 6) is 0.165. The van der Waals surface area contributed by atoms with Crippen molar-refractivity contribution in [2.45, 2.75) is 32.9 Å². The second kappa shape index (κ2) is 9.57. The van der Waals surface area contributed by atoms with Crippen LogP contribution in [0.3, 0.4) is 0 Å². The lowest BCUT2D eigenvalue weighted by Crippen LogP contribution is -2.41. The first-order valence-corrected chi connectivity index (χ1v) is 9.08.